The molecule has 0 radical (unpaired) electrons. The second-order valence-electron chi connectivity index (χ2n) is 22.1. The Bertz CT molecular complexity index is 3240. The van der Waals surface area contributed by atoms with Crippen LogP contribution >= 0.6 is 22.9 Å². The summed E-state index contributed by atoms with van der Waals surface area (Å²) in [7, 11) is 0. The van der Waals surface area contributed by atoms with E-state index in [4.69, 9.17) is 16.3 Å². The van der Waals surface area contributed by atoms with Gasteiger partial charge in [0.25, 0.3) is 5.19 Å². The Morgan fingerprint density at radius 3 is 1.65 bits per heavy atom. The summed E-state index contributed by atoms with van der Waals surface area (Å²) in [5.41, 5.74) is -5.24. The zero-order valence-electron chi connectivity index (χ0n) is 44.8. The molecule has 84 heavy (non-hydrogen) atoms. The minimum atomic E-state index is -4.81. The maximum absolute atomic E-state index is 14.3. The number of allylic oxidation sites excluding steroid dienone is 2. The molecule has 2 aliphatic carbocycles. The minimum Gasteiger partial charge on any atom is -0.479 e. The Hall–Kier alpha value is -7.06. The van der Waals surface area contributed by atoms with Crippen molar-refractivity contribution in [3.05, 3.63) is 107 Å². The summed E-state index contributed by atoms with van der Waals surface area (Å²) in [5.74, 6) is -8.07. The van der Waals surface area contributed by atoms with Gasteiger partial charge in [0.05, 0.1) is 34.0 Å². The zero-order valence-corrected chi connectivity index (χ0v) is 46.4. The van der Waals surface area contributed by atoms with Gasteiger partial charge in [0.15, 0.2) is 0 Å². The summed E-state index contributed by atoms with van der Waals surface area (Å²) >= 11 is 7.33. The normalized spacial score (nSPS) is 29.5. The van der Waals surface area contributed by atoms with Crippen LogP contribution in [0, 0.1) is 23.5 Å². The van der Waals surface area contributed by atoms with Crippen molar-refractivity contribution < 1.29 is 83.9 Å². The number of carboxylic acids is 2. The molecule has 27 heteroatoms. The first kappa shape index (κ1) is 61.5. The van der Waals surface area contributed by atoms with Crippen molar-refractivity contribution in [3.8, 4) is 5.19 Å². The van der Waals surface area contributed by atoms with Crippen LogP contribution in [0.2, 0.25) is 5.02 Å². The molecule has 4 aliphatic heterocycles. The number of thiazole rings is 1. The Morgan fingerprint density at radius 2 is 1.17 bits per heavy atom. The third-order valence-corrected chi connectivity index (χ3v) is 17.1. The summed E-state index contributed by atoms with van der Waals surface area (Å²) < 4.78 is 115. The maximum Gasteiger partial charge on any atom is 0.416 e. The molecule has 2 saturated carbocycles. The van der Waals surface area contributed by atoms with Gasteiger partial charge in [-0.05, 0) is 106 Å². The number of carbonyl (C=O) groups excluding carboxylic acids is 4. The number of benzene rings is 3. The zero-order chi connectivity index (χ0) is 60.5. The molecular formula is C57H60ClF8N7O10S. The number of amides is 4. The monoisotopic (exact) mass is 1220 g/mol. The van der Waals surface area contributed by atoms with E-state index >= 15 is 0 Å². The van der Waals surface area contributed by atoms with Crippen LogP contribution in [-0.2, 0) is 41.1 Å². The Kier molecular flexibility index (Phi) is 18.2. The van der Waals surface area contributed by atoms with E-state index in [9.17, 15) is 79.2 Å². The van der Waals surface area contributed by atoms with Gasteiger partial charge in [0, 0.05) is 47.6 Å². The molecule has 10 atom stereocenters. The molecule has 452 valence electrons. The second kappa shape index (κ2) is 24.9. The number of nitrogens with one attached hydrogen (secondary N) is 4. The molecule has 2 saturated heterocycles. The van der Waals surface area contributed by atoms with Gasteiger partial charge in [-0.25, -0.2) is 23.4 Å². The van der Waals surface area contributed by atoms with Crippen LogP contribution in [0.15, 0.2) is 78.9 Å². The van der Waals surface area contributed by atoms with E-state index in [1.807, 2.05) is 12.2 Å². The quantitative estimate of drug-likeness (QED) is 0.0643. The van der Waals surface area contributed by atoms with E-state index in [0.717, 1.165) is 40.6 Å². The molecule has 4 amide bonds. The number of aliphatic carboxylic acids is 2. The fourth-order valence-electron chi connectivity index (χ4n) is 11.4. The van der Waals surface area contributed by atoms with E-state index in [1.165, 1.54) is 16.2 Å². The van der Waals surface area contributed by atoms with Gasteiger partial charge in [-0.1, -0.05) is 72.9 Å². The second-order valence-corrected chi connectivity index (χ2v) is 23.5. The number of ether oxygens (including phenoxy) is 1. The Labute approximate surface area is 484 Å². The number of aliphatic hydroxyl groups is 1. The van der Waals surface area contributed by atoms with Crippen LogP contribution in [-0.4, -0.2) is 126 Å². The van der Waals surface area contributed by atoms with Crippen LogP contribution in [0.5, 0.6) is 5.19 Å². The highest BCUT2D eigenvalue weighted by Gasteiger charge is 2.63. The highest BCUT2D eigenvalue weighted by atomic mass is 35.5. The lowest BCUT2D eigenvalue weighted by atomic mass is 10.0. The predicted molar refractivity (Wildman–Crippen MR) is 291 cm³/mol. The number of hydrogen-bond acceptors (Lipinski definition) is 12. The number of hydrogen-bond donors (Lipinski definition) is 7. The van der Waals surface area contributed by atoms with Gasteiger partial charge in [-0.2, -0.15) is 26.3 Å². The number of halogens is 9. The number of fused-ring (bicyclic) bond motifs is 5. The molecule has 0 spiro atoms. The van der Waals surface area contributed by atoms with Crippen LogP contribution < -0.4 is 26.0 Å². The molecule has 7 N–H and O–H groups in total. The molecular weight excluding hydrogens is 1160 g/mol. The van der Waals surface area contributed by atoms with Crippen LogP contribution in [0.1, 0.15) is 101 Å². The fourth-order valence-corrected chi connectivity index (χ4v) is 12.5. The number of aliphatic hydroxyl groups excluding tert-OH is 1. The minimum absolute atomic E-state index is 0.00929. The van der Waals surface area contributed by atoms with Crippen molar-refractivity contribution >= 4 is 80.1 Å². The summed E-state index contributed by atoms with van der Waals surface area (Å²) in [4.78, 5) is 85.9. The number of carboxylic acid groups (broad SMARTS) is 2. The van der Waals surface area contributed by atoms with Gasteiger partial charge < -0.3 is 51.1 Å². The highest BCUT2D eigenvalue weighted by molar-refractivity contribution is 7.20. The highest BCUT2D eigenvalue weighted by Crippen LogP contribution is 2.47. The Morgan fingerprint density at radius 1 is 0.679 bits per heavy atom. The molecule has 5 heterocycles. The van der Waals surface area contributed by atoms with Crippen molar-refractivity contribution in [1.29, 1.82) is 0 Å². The lowest BCUT2D eigenvalue weighted by Gasteiger charge is -2.30. The maximum atomic E-state index is 14.3. The average Bonchev–Trinajstić information content (AvgIpc) is 2.85. The van der Waals surface area contributed by atoms with Crippen molar-refractivity contribution in [2.24, 2.45) is 11.8 Å². The average molecular weight is 1220 g/mol. The van der Waals surface area contributed by atoms with Gasteiger partial charge in [0.1, 0.15) is 53.0 Å². The standard InChI is InChI=1S/C32H31ClF4N4O5S.C25H29F4N3O5/c33-19-8-9-23-26(12-19)47-30(39-23)46-22-14-25-27(42)40-31(29(44)45)15-17(31)6-4-2-1-3-5-7-24(28(43)41(25)16-22)38-21-11-18(32(35,36)37)10-20(34)13-21;26-16-8-15(25(27,28)29)9-17(10-16)30-19-7-5-3-1-2-4-6-14-12-24(14,23(36)37)31-21(34)20-11-18(33)13-32(20)22(19)35/h4,6,8-13,17,22,24-25,38H,1-3,5,7,14-16H2,(H,40,42)(H,44,45);4,6,8-10,14,18-20,30,33H,1-3,5,7,11-13H2,(H,31,34)(H,36,37)/b2*6-4-/t17-,22-,24+,25+,31-;14-,18-,19+,20+,24-/m11/s1. The van der Waals surface area contributed by atoms with Crippen molar-refractivity contribution in [3.63, 3.8) is 0 Å². The first-order valence-electron chi connectivity index (χ1n) is 27.5. The molecule has 3 aromatic carbocycles. The summed E-state index contributed by atoms with van der Waals surface area (Å²) in [5, 5.41) is 41.6. The molecule has 4 fully saturated rings. The smallest absolute Gasteiger partial charge is 0.416 e. The lowest BCUT2D eigenvalue weighted by Crippen LogP contribution is -2.55. The van der Waals surface area contributed by atoms with E-state index in [1.54, 1.807) is 30.4 Å². The SMILES string of the molecule is O=C1N[C@]2(C(=O)O)C[C@H]2/C=C\CCCCC[C@H](Nc2cc(F)cc(C(F)(F)F)c2)C(=O)N2C[C@H](O)C[C@@H]12.O=C1N[C@]2(C(=O)O)C[C@H]2/C=C\CCCCC[C@H](Nc2cc(F)cc(C(F)(F)F)c2)C(=O)N2C[C@H](Oc3nc4ccc(Cl)cc4s3)C[C@@H]12. The number of alkyl halides is 6. The molecule has 0 unspecified atom stereocenters. The molecule has 1 aromatic heterocycles. The van der Waals surface area contributed by atoms with Crippen LogP contribution in [0.3, 0.4) is 0 Å². The first-order valence-corrected chi connectivity index (χ1v) is 28.7. The number of rotatable bonds is 8. The largest absolute Gasteiger partial charge is 0.479 e. The van der Waals surface area contributed by atoms with E-state index in [-0.39, 0.29) is 74.1 Å². The van der Waals surface area contributed by atoms with E-state index in [2.05, 4.69) is 26.3 Å². The number of anilines is 2. The lowest BCUT2D eigenvalue weighted by molar-refractivity contribution is -0.146. The van der Waals surface area contributed by atoms with Gasteiger partial charge in [-0.3, -0.25) is 19.2 Å². The molecule has 6 aliphatic rings. The van der Waals surface area contributed by atoms with Gasteiger partial charge >= 0.3 is 24.3 Å². The topological polar surface area (TPSA) is 240 Å². The van der Waals surface area contributed by atoms with E-state index < -0.39 is 124 Å². The number of aromatic nitrogens is 1. The van der Waals surface area contributed by atoms with Gasteiger partial charge in [-0.15, -0.1) is 0 Å². The van der Waals surface area contributed by atoms with Crippen LogP contribution in [0.25, 0.3) is 10.2 Å². The number of carbonyl (C=O) groups is 6. The van der Waals surface area contributed by atoms with Crippen molar-refractivity contribution in [1.82, 2.24) is 25.4 Å². The molecule has 4 aromatic rings. The third-order valence-electron chi connectivity index (χ3n) is 16.0. The summed E-state index contributed by atoms with van der Waals surface area (Å²) in [6.07, 6.45) is 1.81. The molecule has 17 nitrogen and oxygen atoms in total. The molecule has 10 rings (SSSR count). The van der Waals surface area contributed by atoms with E-state index in [0.29, 0.717) is 67.3 Å². The third kappa shape index (κ3) is 14.2. The summed E-state index contributed by atoms with van der Waals surface area (Å²) in [6, 6.07) is 4.56. The molecule has 0 bridgehead atoms. The fraction of sp³-hybridized carbons (Fsp3) is 0.491. The van der Waals surface area contributed by atoms with Crippen molar-refractivity contribution in [2.75, 3.05) is 23.7 Å². The number of nitrogens with zero attached hydrogens (tertiary/aromatic N) is 3. The van der Waals surface area contributed by atoms with Gasteiger partial charge in [0.2, 0.25) is 23.6 Å². The Balaban J connectivity index is 0.000000208. The first-order chi connectivity index (χ1) is 39.7. The van der Waals surface area contributed by atoms with Crippen molar-refractivity contribution in [2.45, 2.75) is 150 Å². The van der Waals surface area contributed by atoms with Crippen LogP contribution in [0.4, 0.5) is 46.5 Å². The summed E-state index contributed by atoms with van der Waals surface area (Å²) in [6.45, 7) is -0.276. The predicted octanol–water partition coefficient (Wildman–Crippen LogP) is 9.48.